The number of hydrogen-bond donors (Lipinski definition) is 3. The number of benzene rings is 1. The van der Waals surface area contributed by atoms with E-state index in [1.165, 1.54) is 12.1 Å². The lowest BCUT2D eigenvalue weighted by Crippen LogP contribution is -2.43. The van der Waals surface area contributed by atoms with Crippen LogP contribution < -0.4 is 15.4 Å². The summed E-state index contributed by atoms with van der Waals surface area (Å²) >= 11 is 6.00. The lowest BCUT2D eigenvalue weighted by molar-refractivity contribution is -0.913. The molecule has 33 heavy (non-hydrogen) atoms. The summed E-state index contributed by atoms with van der Waals surface area (Å²) < 4.78 is 44.1. The highest BCUT2D eigenvalue weighted by atomic mass is 35.5. The zero-order chi connectivity index (χ0) is 24.0. The van der Waals surface area contributed by atoms with Gasteiger partial charge in [-0.2, -0.15) is 8.78 Å². The largest absolute Gasteiger partial charge is 0.674 e. The Hall–Kier alpha value is -3.37. The summed E-state index contributed by atoms with van der Waals surface area (Å²) in [7, 11) is 0. The molecule has 0 unspecified atom stereocenters. The molecule has 0 atom stereocenters. The minimum Gasteiger partial charge on any atom is -0.674 e. The molecule has 0 saturated heterocycles. The van der Waals surface area contributed by atoms with E-state index < -0.39 is 42.1 Å². The molecule has 3 aromatic rings. The van der Waals surface area contributed by atoms with Crippen molar-refractivity contribution in [2.75, 3.05) is 11.9 Å². The number of nitrogens with zero attached hydrogens (tertiary/aromatic N) is 2. The molecule has 1 amide bonds. The number of hydrogen-bond acceptors (Lipinski definition) is 4. The van der Waals surface area contributed by atoms with Crippen molar-refractivity contribution >= 4 is 23.3 Å². The normalized spacial score (nSPS) is 11.3. The highest BCUT2D eigenvalue weighted by Gasteiger charge is 2.41. The molecule has 0 bridgehead atoms. The predicted molar refractivity (Wildman–Crippen MR) is 115 cm³/mol. The van der Waals surface area contributed by atoms with Gasteiger partial charge in [-0.3, -0.25) is 10.0 Å². The average molecular weight is 480 g/mol. The van der Waals surface area contributed by atoms with E-state index in [-0.39, 0.29) is 28.4 Å². The first-order valence-electron chi connectivity index (χ1n) is 9.86. The van der Waals surface area contributed by atoms with Crippen LogP contribution in [-0.2, 0) is 30.2 Å². The number of anilines is 1. The van der Waals surface area contributed by atoms with E-state index in [4.69, 9.17) is 17.3 Å². The Morgan fingerprint density at radius 3 is 2.58 bits per heavy atom. The number of carbonyl (C=O) groups excluding carboxylic acids is 1. The highest BCUT2D eigenvalue weighted by Crippen LogP contribution is 2.28. The number of carbonyl (C=O) groups is 1. The summed E-state index contributed by atoms with van der Waals surface area (Å²) in [4.78, 5) is 16.1. The molecule has 1 aromatic carbocycles. The standard InChI is InChI=1S/C22H21ClF3N5O2/c23-17-12-29-21(30-13-22(25,26)18-7-3-4-8-31(18)33)20(24)16(17)9-19(32)28-11-15-6-2-1-5-14(15)10-27/h1-8,12,27,33H,9-11,13H2,(H,28,32)(H,29,30). The van der Waals surface area contributed by atoms with Gasteiger partial charge in [0.25, 0.3) is 0 Å². The van der Waals surface area contributed by atoms with E-state index in [1.807, 2.05) is 0 Å². The zero-order valence-corrected chi connectivity index (χ0v) is 18.0. The van der Waals surface area contributed by atoms with Crippen molar-refractivity contribution in [2.24, 2.45) is 0 Å². The van der Waals surface area contributed by atoms with Gasteiger partial charge in [-0.15, -0.1) is 6.54 Å². The molecule has 4 N–H and O–H groups in total. The number of pyridine rings is 2. The Labute approximate surface area is 193 Å². The van der Waals surface area contributed by atoms with Gasteiger partial charge in [0.1, 0.15) is 0 Å². The van der Waals surface area contributed by atoms with Crippen LogP contribution in [0.5, 0.6) is 0 Å². The fourth-order valence-electron chi connectivity index (χ4n) is 3.12. The molecule has 0 fully saturated rings. The van der Waals surface area contributed by atoms with Crippen molar-refractivity contribution < 1.29 is 27.9 Å². The fourth-order valence-corrected chi connectivity index (χ4v) is 3.32. The summed E-state index contributed by atoms with van der Waals surface area (Å²) in [6.45, 7) is -0.859. The lowest BCUT2D eigenvalue weighted by Gasteiger charge is -2.16. The van der Waals surface area contributed by atoms with Crippen LogP contribution in [0.4, 0.5) is 19.0 Å². The van der Waals surface area contributed by atoms with Crippen molar-refractivity contribution in [3.05, 3.63) is 93.8 Å². The minimum atomic E-state index is -3.55. The molecule has 0 radical (unpaired) electrons. The third-order valence-electron chi connectivity index (χ3n) is 4.88. The Morgan fingerprint density at radius 2 is 1.88 bits per heavy atom. The third kappa shape index (κ3) is 5.91. The fraction of sp³-hybridized carbons (Fsp3) is 0.227. The van der Waals surface area contributed by atoms with E-state index in [1.54, 1.807) is 24.3 Å². The van der Waals surface area contributed by atoms with Gasteiger partial charge in [-0.05, 0) is 11.6 Å². The van der Waals surface area contributed by atoms with Crippen molar-refractivity contribution in [3.8, 4) is 0 Å². The van der Waals surface area contributed by atoms with Gasteiger partial charge >= 0.3 is 11.6 Å². The predicted octanol–water partition coefficient (Wildman–Crippen LogP) is 4.01. The average Bonchev–Trinajstić information content (AvgIpc) is 2.80. The van der Waals surface area contributed by atoms with Gasteiger partial charge in [-0.1, -0.05) is 41.4 Å². The Balaban J connectivity index is 1.69. The molecule has 0 saturated carbocycles. The van der Waals surface area contributed by atoms with Gasteiger partial charge < -0.3 is 16.4 Å². The molecule has 11 heteroatoms. The molecule has 174 valence electrons. The molecule has 2 aromatic heterocycles. The second-order valence-electron chi connectivity index (χ2n) is 7.13. The number of rotatable bonds is 9. The Morgan fingerprint density at radius 1 is 1.18 bits per heavy atom. The number of amides is 1. The quantitative estimate of drug-likeness (QED) is 0.319. The van der Waals surface area contributed by atoms with Crippen LogP contribution in [0.1, 0.15) is 22.4 Å². The summed E-state index contributed by atoms with van der Waals surface area (Å²) in [6.07, 6.45) is 1.68. The van der Waals surface area contributed by atoms with E-state index in [0.717, 1.165) is 29.6 Å². The molecule has 0 spiro atoms. The lowest BCUT2D eigenvalue weighted by atomic mass is 10.1. The second kappa shape index (κ2) is 10.5. The molecule has 0 aliphatic carbocycles. The molecule has 2 heterocycles. The van der Waals surface area contributed by atoms with Crippen LogP contribution >= 0.6 is 11.6 Å². The van der Waals surface area contributed by atoms with Crippen LogP contribution in [0, 0.1) is 5.82 Å². The van der Waals surface area contributed by atoms with E-state index in [0.29, 0.717) is 0 Å². The van der Waals surface area contributed by atoms with Crippen LogP contribution in [0.3, 0.4) is 0 Å². The maximum atomic E-state index is 14.9. The van der Waals surface area contributed by atoms with Crippen molar-refractivity contribution in [1.82, 2.24) is 10.3 Å². The van der Waals surface area contributed by atoms with Gasteiger partial charge in [0.05, 0.1) is 18.0 Å². The molecular weight excluding hydrogens is 459 g/mol. The first kappa shape index (κ1) is 24.3. The van der Waals surface area contributed by atoms with Crippen LogP contribution in [-0.4, -0.2) is 22.6 Å². The maximum absolute atomic E-state index is 14.9. The SMILES string of the molecule is [NH-]Cc1ccccc1CNC(=O)Cc1c(Cl)cnc(NCC(F)(F)c2cccc[n+]2O)c1F. The smallest absolute Gasteiger partial charge is 0.351 e. The summed E-state index contributed by atoms with van der Waals surface area (Å²) in [6, 6.07) is 10.8. The third-order valence-corrected chi connectivity index (χ3v) is 5.21. The van der Waals surface area contributed by atoms with E-state index >= 15 is 0 Å². The first-order chi connectivity index (χ1) is 15.7. The van der Waals surface area contributed by atoms with E-state index in [9.17, 15) is 23.2 Å². The second-order valence-corrected chi connectivity index (χ2v) is 7.54. The monoisotopic (exact) mass is 479 g/mol. The Kier molecular flexibility index (Phi) is 7.72. The zero-order valence-electron chi connectivity index (χ0n) is 17.3. The van der Waals surface area contributed by atoms with Crippen LogP contribution in [0.2, 0.25) is 5.02 Å². The van der Waals surface area contributed by atoms with Crippen molar-refractivity contribution in [3.63, 3.8) is 0 Å². The van der Waals surface area contributed by atoms with Gasteiger partial charge in [0, 0.05) is 35.2 Å². The highest BCUT2D eigenvalue weighted by molar-refractivity contribution is 6.31. The molecule has 3 rings (SSSR count). The molecular formula is C22H21ClF3N5O2. The topological polar surface area (TPSA) is 102 Å². The summed E-state index contributed by atoms with van der Waals surface area (Å²) in [5, 5.41) is 14.3. The minimum absolute atomic E-state index is 0.0514. The molecule has 0 aliphatic heterocycles. The van der Waals surface area contributed by atoms with Gasteiger partial charge in [0.15, 0.2) is 11.6 Å². The van der Waals surface area contributed by atoms with Crippen molar-refractivity contribution in [1.29, 1.82) is 0 Å². The van der Waals surface area contributed by atoms with Gasteiger partial charge in [0.2, 0.25) is 12.1 Å². The van der Waals surface area contributed by atoms with Crippen LogP contribution in [0.25, 0.3) is 5.73 Å². The first-order valence-corrected chi connectivity index (χ1v) is 10.2. The van der Waals surface area contributed by atoms with Crippen LogP contribution in [0.15, 0.2) is 54.9 Å². The number of alkyl halides is 2. The number of aromatic nitrogens is 2. The summed E-state index contributed by atoms with van der Waals surface area (Å²) in [5.74, 6) is -5.61. The molecule has 0 aliphatic rings. The Bertz CT molecular complexity index is 1150. The maximum Gasteiger partial charge on any atom is 0.351 e. The number of nitrogens with one attached hydrogen (secondary N) is 3. The number of halogens is 4. The molecule has 7 nitrogen and oxygen atoms in total. The summed E-state index contributed by atoms with van der Waals surface area (Å²) in [5.41, 5.74) is 8.14. The van der Waals surface area contributed by atoms with Crippen molar-refractivity contribution in [2.45, 2.75) is 25.4 Å². The van der Waals surface area contributed by atoms with E-state index in [2.05, 4.69) is 15.6 Å². The van der Waals surface area contributed by atoms with Gasteiger partial charge in [-0.25, -0.2) is 9.37 Å².